The fourth-order valence-corrected chi connectivity index (χ4v) is 10.8. The van der Waals surface area contributed by atoms with Crippen molar-refractivity contribution in [2.45, 2.75) is 5.41 Å². The average molecular weight is 844 g/mol. The molecule has 13 rings (SSSR count). The van der Waals surface area contributed by atoms with Crippen molar-refractivity contribution in [3.05, 3.63) is 271 Å². The van der Waals surface area contributed by atoms with Crippen molar-refractivity contribution in [1.29, 1.82) is 0 Å². The highest BCUT2D eigenvalue weighted by Crippen LogP contribution is 2.64. The molecule has 0 N–H and O–H groups in total. The average Bonchev–Trinajstić information content (AvgIpc) is 3.89. The van der Waals surface area contributed by atoms with Crippen molar-refractivity contribution in [2.24, 2.45) is 0 Å². The molecule has 1 aromatic heterocycles. The molecular weight excluding hydrogens is 803 g/mol. The molecule has 0 radical (unpaired) electrons. The van der Waals surface area contributed by atoms with E-state index in [4.69, 9.17) is 9.15 Å². The minimum absolute atomic E-state index is 0.600. The van der Waals surface area contributed by atoms with Crippen LogP contribution in [0, 0.1) is 0 Å². The first kappa shape index (κ1) is 37.9. The zero-order valence-electron chi connectivity index (χ0n) is 36.0. The molecule has 2 aliphatic rings. The predicted molar refractivity (Wildman–Crippen MR) is 274 cm³/mol. The minimum Gasteiger partial charge on any atom is -0.456 e. The molecule has 3 heteroatoms. The number of furan rings is 1. The minimum atomic E-state index is -0.600. The van der Waals surface area contributed by atoms with Gasteiger partial charge in [-0.2, -0.15) is 0 Å². The van der Waals surface area contributed by atoms with Gasteiger partial charge >= 0.3 is 0 Å². The third kappa shape index (κ3) is 5.70. The van der Waals surface area contributed by atoms with Crippen molar-refractivity contribution in [3.63, 3.8) is 0 Å². The fourth-order valence-electron chi connectivity index (χ4n) is 10.8. The van der Waals surface area contributed by atoms with E-state index in [2.05, 4.69) is 230 Å². The van der Waals surface area contributed by atoms with Crippen LogP contribution in [-0.2, 0) is 5.41 Å². The summed E-state index contributed by atoms with van der Waals surface area (Å²) in [5, 5.41) is 6.73. The van der Waals surface area contributed by atoms with Gasteiger partial charge in [0.1, 0.15) is 22.7 Å². The summed E-state index contributed by atoms with van der Waals surface area (Å²) in [7, 11) is 0. The molecule has 10 aromatic carbocycles. The maximum absolute atomic E-state index is 7.16. The second-order valence-corrected chi connectivity index (χ2v) is 17.2. The van der Waals surface area contributed by atoms with Gasteiger partial charge in [-0.3, -0.25) is 0 Å². The smallest absolute Gasteiger partial charge is 0.140 e. The molecule has 0 saturated heterocycles. The van der Waals surface area contributed by atoms with Crippen molar-refractivity contribution in [2.75, 3.05) is 4.90 Å². The van der Waals surface area contributed by atoms with Gasteiger partial charge in [-0.25, -0.2) is 0 Å². The van der Waals surface area contributed by atoms with Crippen LogP contribution in [-0.4, -0.2) is 0 Å². The molecule has 2 heterocycles. The van der Waals surface area contributed by atoms with Gasteiger partial charge in [-0.05, 0) is 98.3 Å². The van der Waals surface area contributed by atoms with E-state index >= 15 is 0 Å². The van der Waals surface area contributed by atoms with Crippen LogP contribution >= 0.6 is 0 Å². The van der Waals surface area contributed by atoms with Gasteiger partial charge in [-0.1, -0.05) is 189 Å². The van der Waals surface area contributed by atoms with E-state index in [0.29, 0.717) is 0 Å². The van der Waals surface area contributed by atoms with Crippen molar-refractivity contribution >= 4 is 60.9 Å². The lowest BCUT2D eigenvalue weighted by molar-refractivity contribution is 0.447. The van der Waals surface area contributed by atoms with E-state index in [9.17, 15) is 0 Å². The van der Waals surface area contributed by atoms with Crippen LogP contribution in [0.2, 0.25) is 0 Å². The number of benzene rings is 10. The van der Waals surface area contributed by atoms with E-state index in [-0.39, 0.29) is 0 Å². The van der Waals surface area contributed by atoms with Crippen LogP contribution < -0.4 is 9.64 Å². The lowest BCUT2D eigenvalue weighted by atomic mass is 9.65. The lowest BCUT2D eigenvalue weighted by Gasteiger charge is -2.40. The monoisotopic (exact) mass is 843 g/mol. The summed E-state index contributed by atoms with van der Waals surface area (Å²) in [4.78, 5) is 2.28. The Labute approximate surface area is 383 Å². The summed E-state index contributed by atoms with van der Waals surface area (Å²) in [6.45, 7) is 4.19. The van der Waals surface area contributed by atoms with Gasteiger partial charge < -0.3 is 14.1 Å². The number of hydrogen-bond donors (Lipinski definition) is 0. The standard InChI is InChI=1S/C63H41NO2/c1-2-14-46(64(47-32-27-43(28-33-47)42-15-4-3-5-16-42)48-34-35-53-52-22-11-13-24-59(52)65-60(53)40-48)31-25-41-26-36-56-54(39-41)51-21-10-12-23-55(51)63(56)57-37-29-44-17-6-8-19-49(44)61(57)66-62-50-20-9-7-18-45(50)30-38-58(62)63/h2-40H,1H2/b31-25-,46-14+. The van der Waals surface area contributed by atoms with Gasteiger partial charge in [0.15, 0.2) is 0 Å². The Morgan fingerprint density at radius 3 is 1.79 bits per heavy atom. The molecule has 0 fully saturated rings. The van der Waals surface area contributed by atoms with Crippen molar-refractivity contribution < 1.29 is 9.15 Å². The van der Waals surface area contributed by atoms with Gasteiger partial charge in [0.05, 0.1) is 5.41 Å². The van der Waals surface area contributed by atoms with E-state index in [1.54, 1.807) is 0 Å². The molecule has 0 bridgehead atoms. The quantitative estimate of drug-likeness (QED) is 0.150. The van der Waals surface area contributed by atoms with Crippen LogP contribution in [0.4, 0.5) is 11.4 Å². The highest BCUT2D eigenvalue weighted by molar-refractivity contribution is 6.06. The maximum Gasteiger partial charge on any atom is 0.140 e. The summed E-state index contributed by atoms with van der Waals surface area (Å²) in [6, 6.07) is 76.2. The van der Waals surface area contributed by atoms with E-state index in [1.807, 2.05) is 18.2 Å². The molecule has 11 aromatic rings. The summed E-state index contributed by atoms with van der Waals surface area (Å²) in [6.07, 6.45) is 8.36. The number of rotatable bonds is 7. The van der Waals surface area contributed by atoms with Gasteiger partial charge in [0.2, 0.25) is 0 Å². The highest BCUT2D eigenvalue weighted by atomic mass is 16.5. The third-order valence-electron chi connectivity index (χ3n) is 13.7. The molecule has 310 valence electrons. The Balaban J connectivity index is 0.967. The molecule has 1 spiro atoms. The molecule has 0 atom stereocenters. The van der Waals surface area contributed by atoms with E-state index in [0.717, 1.165) is 94.3 Å². The molecule has 66 heavy (non-hydrogen) atoms. The number of anilines is 2. The number of allylic oxidation sites excluding steroid dienone is 3. The Morgan fingerprint density at radius 1 is 0.455 bits per heavy atom. The molecule has 3 nitrogen and oxygen atoms in total. The summed E-state index contributed by atoms with van der Waals surface area (Å²) >= 11 is 0. The van der Waals surface area contributed by atoms with Crippen LogP contribution in [0.25, 0.3) is 71.8 Å². The number of fused-ring (bicyclic) bond motifs is 16. The molecule has 0 unspecified atom stereocenters. The maximum atomic E-state index is 7.16. The van der Waals surface area contributed by atoms with Gasteiger partial charge in [0.25, 0.3) is 0 Å². The first-order chi connectivity index (χ1) is 32.7. The van der Waals surface area contributed by atoms with Crippen molar-refractivity contribution in [1.82, 2.24) is 0 Å². The zero-order valence-corrected chi connectivity index (χ0v) is 36.0. The predicted octanol–water partition coefficient (Wildman–Crippen LogP) is 16.9. The molecule has 1 aliphatic carbocycles. The Morgan fingerprint density at radius 2 is 1.05 bits per heavy atom. The van der Waals surface area contributed by atoms with E-state index < -0.39 is 5.41 Å². The first-order valence-corrected chi connectivity index (χ1v) is 22.5. The number of ether oxygens (including phenoxy) is 1. The number of para-hydroxylation sites is 1. The first-order valence-electron chi connectivity index (χ1n) is 22.5. The number of hydrogen-bond acceptors (Lipinski definition) is 3. The van der Waals surface area contributed by atoms with Crippen LogP contribution in [0.15, 0.2) is 247 Å². The summed E-state index contributed by atoms with van der Waals surface area (Å²) in [5.74, 6) is 1.83. The van der Waals surface area contributed by atoms with Crippen LogP contribution in [0.1, 0.15) is 27.8 Å². The Kier molecular flexibility index (Phi) is 8.59. The highest BCUT2D eigenvalue weighted by Gasteiger charge is 2.51. The van der Waals surface area contributed by atoms with Crippen LogP contribution in [0.3, 0.4) is 0 Å². The second-order valence-electron chi connectivity index (χ2n) is 17.2. The van der Waals surface area contributed by atoms with Gasteiger partial charge in [0, 0.05) is 55.8 Å². The Hall–Kier alpha value is -8.66. The van der Waals surface area contributed by atoms with Crippen molar-refractivity contribution in [3.8, 4) is 33.8 Å². The molecular formula is C63H41NO2. The second kappa shape index (κ2) is 15.0. The zero-order chi connectivity index (χ0) is 43.8. The summed E-state index contributed by atoms with van der Waals surface area (Å²) in [5.41, 5.74) is 14.8. The lowest BCUT2D eigenvalue weighted by Crippen LogP contribution is -2.32. The molecule has 1 aliphatic heterocycles. The molecule has 0 amide bonds. The third-order valence-corrected chi connectivity index (χ3v) is 13.7. The molecule has 0 saturated carbocycles. The number of nitrogens with zero attached hydrogens (tertiary/aromatic N) is 1. The normalized spacial score (nSPS) is 13.5. The SMILES string of the molecule is C=C/C=C(\C=C/c1ccc2c(c1)-c1ccccc1C21c2ccc3ccccc3c2Oc2c1ccc1ccccc21)N(c1ccc(-c2ccccc2)cc1)c1ccc2c(c1)oc1ccccc12. The van der Waals surface area contributed by atoms with Crippen LogP contribution in [0.5, 0.6) is 11.5 Å². The summed E-state index contributed by atoms with van der Waals surface area (Å²) < 4.78 is 13.6. The van der Waals surface area contributed by atoms with Gasteiger partial charge in [-0.15, -0.1) is 0 Å². The fraction of sp³-hybridized carbons (Fsp3) is 0.0159. The largest absolute Gasteiger partial charge is 0.456 e. The Bertz CT molecular complexity index is 3730. The topological polar surface area (TPSA) is 25.6 Å². The van der Waals surface area contributed by atoms with E-state index in [1.165, 1.54) is 27.8 Å².